The van der Waals surface area contributed by atoms with Gasteiger partial charge >= 0.3 is 5.97 Å². The fourth-order valence-electron chi connectivity index (χ4n) is 3.67. The second-order valence-corrected chi connectivity index (χ2v) is 11.3. The van der Waals surface area contributed by atoms with Gasteiger partial charge in [-0.25, -0.2) is 13.2 Å². The van der Waals surface area contributed by atoms with Crippen molar-refractivity contribution >= 4 is 59.7 Å². The molecule has 1 atom stereocenters. The molecule has 3 heterocycles. The summed E-state index contributed by atoms with van der Waals surface area (Å²) in [5.74, 6) is -1.27. The van der Waals surface area contributed by atoms with Crippen LogP contribution in [0.4, 0.5) is 5.00 Å². The van der Waals surface area contributed by atoms with Crippen LogP contribution in [0.25, 0.3) is 10.1 Å². The fourth-order valence-corrected chi connectivity index (χ4v) is 7.43. The quantitative estimate of drug-likeness (QED) is 0.537. The minimum Gasteiger partial charge on any atom is -0.462 e. The standard InChI is InChI=1S/C21H22N2O5S3/c1-2-28-21(25)18-15-8-3-4-9-16(15)30-20(18)22-19(24)14-7-5-11-23(13-14)31(26,27)17-10-6-12-29-17/h3-4,6,8-10,12,14H,2,5,7,11,13H2,1H3,(H,22,24). The molecule has 1 saturated heterocycles. The number of nitrogens with one attached hydrogen (secondary N) is 1. The maximum absolute atomic E-state index is 13.1. The highest BCUT2D eigenvalue weighted by atomic mass is 32.2. The molecular formula is C21H22N2O5S3. The summed E-state index contributed by atoms with van der Waals surface area (Å²) in [6.45, 7) is 2.47. The lowest BCUT2D eigenvalue weighted by atomic mass is 9.99. The summed E-state index contributed by atoms with van der Waals surface area (Å²) in [5, 5.41) is 5.76. The normalized spacial score (nSPS) is 17.5. The molecule has 1 amide bonds. The number of benzene rings is 1. The number of ether oxygens (including phenoxy) is 1. The van der Waals surface area contributed by atoms with Gasteiger partial charge in [0.25, 0.3) is 10.0 Å². The number of carbonyl (C=O) groups excluding carboxylic acids is 2. The van der Waals surface area contributed by atoms with Crippen molar-refractivity contribution in [2.45, 2.75) is 24.0 Å². The number of rotatable bonds is 6. The molecule has 0 aliphatic carbocycles. The lowest BCUT2D eigenvalue weighted by Gasteiger charge is -2.30. The summed E-state index contributed by atoms with van der Waals surface area (Å²) in [5.41, 5.74) is 0.342. The molecule has 0 bridgehead atoms. The monoisotopic (exact) mass is 478 g/mol. The van der Waals surface area contributed by atoms with Gasteiger partial charge in [-0.3, -0.25) is 4.79 Å². The van der Waals surface area contributed by atoms with Crippen LogP contribution in [-0.4, -0.2) is 44.3 Å². The number of hydrogen-bond donors (Lipinski definition) is 1. The van der Waals surface area contributed by atoms with Crippen LogP contribution in [0.2, 0.25) is 0 Å². The minimum absolute atomic E-state index is 0.117. The first kappa shape index (κ1) is 21.9. The van der Waals surface area contributed by atoms with Crippen LogP contribution in [-0.2, 0) is 19.6 Å². The predicted molar refractivity (Wildman–Crippen MR) is 122 cm³/mol. The van der Waals surface area contributed by atoms with Crippen molar-refractivity contribution in [3.63, 3.8) is 0 Å². The SMILES string of the molecule is CCOC(=O)c1c(NC(=O)C2CCCN(S(=O)(=O)c3cccs3)C2)sc2ccccc12. The van der Waals surface area contributed by atoms with Crippen molar-refractivity contribution in [3.05, 3.63) is 47.3 Å². The first-order chi connectivity index (χ1) is 14.9. The smallest absolute Gasteiger partial charge is 0.341 e. The highest BCUT2D eigenvalue weighted by Crippen LogP contribution is 2.37. The molecule has 1 aromatic carbocycles. The number of carbonyl (C=O) groups is 2. The molecule has 1 aliphatic heterocycles. The van der Waals surface area contributed by atoms with Crippen LogP contribution in [0.15, 0.2) is 46.0 Å². The van der Waals surface area contributed by atoms with E-state index in [1.807, 2.05) is 24.3 Å². The Bertz CT molecular complexity index is 1200. The zero-order chi connectivity index (χ0) is 22.0. The van der Waals surface area contributed by atoms with Crippen LogP contribution in [0.1, 0.15) is 30.1 Å². The van der Waals surface area contributed by atoms with Gasteiger partial charge < -0.3 is 10.1 Å². The van der Waals surface area contributed by atoms with Gasteiger partial charge in [0.05, 0.1) is 12.5 Å². The average molecular weight is 479 g/mol. The van der Waals surface area contributed by atoms with E-state index in [0.29, 0.717) is 30.0 Å². The van der Waals surface area contributed by atoms with Gasteiger partial charge in [-0.1, -0.05) is 24.3 Å². The van der Waals surface area contributed by atoms with E-state index in [2.05, 4.69) is 5.32 Å². The summed E-state index contributed by atoms with van der Waals surface area (Å²) >= 11 is 2.48. The van der Waals surface area contributed by atoms with Crippen LogP contribution in [0, 0.1) is 5.92 Å². The number of nitrogens with zero attached hydrogens (tertiary/aromatic N) is 1. The Morgan fingerprint density at radius 1 is 1.23 bits per heavy atom. The lowest BCUT2D eigenvalue weighted by Crippen LogP contribution is -2.43. The van der Waals surface area contributed by atoms with Crippen molar-refractivity contribution in [3.8, 4) is 0 Å². The second-order valence-electron chi connectivity index (χ2n) is 7.15. The van der Waals surface area contributed by atoms with Gasteiger partial charge in [0.15, 0.2) is 0 Å². The molecule has 1 unspecified atom stereocenters. The summed E-state index contributed by atoms with van der Waals surface area (Å²) in [7, 11) is -3.61. The Morgan fingerprint density at radius 2 is 2.03 bits per heavy atom. The largest absolute Gasteiger partial charge is 0.462 e. The molecule has 31 heavy (non-hydrogen) atoms. The third-order valence-corrected chi connectivity index (χ3v) is 9.48. The molecule has 1 fully saturated rings. The Labute approximate surface area is 188 Å². The van der Waals surface area contributed by atoms with Crippen molar-refractivity contribution in [2.24, 2.45) is 5.92 Å². The van der Waals surface area contributed by atoms with Crippen molar-refractivity contribution in [1.82, 2.24) is 4.31 Å². The van der Waals surface area contributed by atoms with Crippen LogP contribution < -0.4 is 5.32 Å². The van der Waals surface area contributed by atoms with E-state index in [-0.39, 0.29) is 23.3 Å². The van der Waals surface area contributed by atoms with E-state index >= 15 is 0 Å². The van der Waals surface area contributed by atoms with Crippen LogP contribution in [0.3, 0.4) is 0 Å². The van der Waals surface area contributed by atoms with E-state index in [9.17, 15) is 18.0 Å². The number of thiophene rings is 2. The molecule has 3 aromatic rings. The zero-order valence-corrected chi connectivity index (χ0v) is 19.3. The number of sulfonamides is 1. The third-order valence-electron chi connectivity index (χ3n) is 5.16. The summed E-state index contributed by atoms with van der Waals surface area (Å²) in [6.07, 6.45) is 1.18. The molecule has 1 N–H and O–H groups in total. The zero-order valence-electron chi connectivity index (χ0n) is 16.9. The fraction of sp³-hybridized carbons (Fsp3) is 0.333. The van der Waals surface area contributed by atoms with Crippen molar-refractivity contribution in [1.29, 1.82) is 0 Å². The first-order valence-corrected chi connectivity index (χ1v) is 13.1. The molecular weight excluding hydrogens is 456 g/mol. The summed E-state index contributed by atoms with van der Waals surface area (Å²) in [4.78, 5) is 25.6. The third kappa shape index (κ3) is 4.38. The van der Waals surface area contributed by atoms with E-state index in [0.717, 1.165) is 10.1 Å². The predicted octanol–water partition coefficient (Wildman–Crippen LogP) is 4.18. The Morgan fingerprint density at radius 3 is 2.77 bits per heavy atom. The Kier molecular flexibility index (Phi) is 6.42. The Hall–Kier alpha value is -2.27. The number of fused-ring (bicyclic) bond motifs is 1. The Balaban J connectivity index is 1.56. The van der Waals surface area contributed by atoms with E-state index in [4.69, 9.17) is 4.74 Å². The van der Waals surface area contributed by atoms with Crippen LogP contribution in [0.5, 0.6) is 0 Å². The molecule has 1 aliphatic rings. The molecule has 0 radical (unpaired) electrons. The number of esters is 1. The summed E-state index contributed by atoms with van der Waals surface area (Å²) < 4.78 is 33.4. The number of anilines is 1. The molecule has 0 spiro atoms. The maximum atomic E-state index is 13.1. The molecule has 164 valence electrons. The molecule has 4 rings (SSSR count). The van der Waals surface area contributed by atoms with Crippen molar-refractivity contribution in [2.75, 3.05) is 25.0 Å². The lowest BCUT2D eigenvalue weighted by molar-refractivity contribution is -0.120. The van der Waals surface area contributed by atoms with Gasteiger partial charge in [-0.05, 0) is 37.3 Å². The molecule has 7 nitrogen and oxygen atoms in total. The van der Waals surface area contributed by atoms with E-state index in [1.165, 1.54) is 27.0 Å². The van der Waals surface area contributed by atoms with E-state index < -0.39 is 21.9 Å². The van der Waals surface area contributed by atoms with Gasteiger partial charge in [0.2, 0.25) is 5.91 Å². The van der Waals surface area contributed by atoms with E-state index in [1.54, 1.807) is 24.4 Å². The first-order valence-electron chi connectivity index (χ1n) is 9.95. The van der Waals surface area contributed by atoms with Gasteiger partial charge in [-0.15, -0.1) is 22.7 Å². The molecule has 0 saturated carbocycles. The highest BCUT2D eigenvalue weighted by Gasteiger charge is 2.34. The average Bonchev–Trinajstić information content (AvgIpc) is 3.42. The van der Waals surface area contributed by atoms with Gasteiger partial charge in [0.1, 0.15) is 14.8 Å². The van der Waals surface area contributed by atoms with Crippen molar-refractivity contribution < 1.29 is 22.7 Å². The molecule has 10 heteroatoms. The van der Waals surface area contributed by atoms with Crippen LogP contribution >= 0.6 is 22.7 Å². The van der Waals surface area contributed by atoms with Gasteiger partial charge in [-0.2, -0.15) is 4.31 Å². The minimum atomic E-state index is -3.61. The maximum Gasteiger partial charge on any atom is 0.341 e. The number of piperidine rings is 1. The number of amides is 1. The molecule has 2 aromatic heterocycles. The highest BCUT2D eigenvalue weighted by molar-refractivity contribution is 7.91. The topological polar surface area (TPSA) is 92.8 Å². The summed E-state index contributed by atoms with van der Waals surface area (Å²) in [6, 6.07) is 10.7. The second kappa shape index (κ2) is 9.07. The number of hydrogen-bond acceptors (Lipinski definition) is 7. The van der Waals surface area contributed by atoms with Gasteiger partial charge in [0, 0.05) is 23.2 Å².